The molecule has 2 aromatic carbocycles. The second-order valence-electron chi connectivity index (χ2n) is 5.79. The van der Waals surface area contributed by atoms with Crippen molar-refractivity contribution in [3.8, 4) is 11.5 Å². The number of hydrogen-bond donors (Lipinski definition) is 2. The van der Waals surface area contributed by atoms with Crippen molar-refractivity contribution >= 4 is 23.1 Å². The predicted molar refractivity (Wildman–Crippen MR) is 99.7 cm³/mol. The lowest BCUT2D eigenvalue weighted by Gasteiger charge is -2.10. The van der Waals surface area contributed by atoms with E-state index in [-0.39, 0.29) is 11.3 Å². The second kappa shape index (κ2) is 8.20. The van der Waals surface area contributed by atoms with Crippen LogP contribution in [0.2, 0.25) is 0 Å². The molecule has 0 aliphatic carbocycles. The summed E-state index contributed by atoms with van der Waals surface area (Å²) in [6.45, 7) is 3.79. The first kappa shape index (κ1) is 19.1. The Labute approximate surface area is 152 Å². The molecule has 136 valence electrons. The number of carbonyl (C=O) groups is 2. The lowest BCUT2D eigenvalue weighted by Crippen LogP contribution is -2.21. The molecule has 0 spiro atoms. The van der Waals surface area contributed by atoms with Crippen molar-refractivity contribution in [3.05, 3.63) is 59.2 Å². The molecule has 0 fully saturated rings. The van der Waals surface area contributed by atoms with Crippen molar-refractivity contribution < 1.29 is 24.2 Å². The first-order valence-electron chi connectivity index (χ1n) is 7.90. The van der Waals surface area contributed by atoms with Gasteiger partial charge in [-0.25, -0.2) is 0 Å². The monoisotopic (exact) mass is 355 g/mol. The lowest BCUT2D eigenvalue weighted by molar-refractivity contribution is -0.131. The topological polar surface area (TPSA) is 84.9 Å². The Morgan fingerprint density at radius 1 is 1.00 bits per heavy atom. The minimum absolute atomic E-state index is 0.249. The molecule has 0 aromatic heterocycles. The van der Waals surface area contributed by atoms with Crippen molar-refractivity contribution in [1.29, 1.82) is 0 Å². The summed E-state index contributed by atoms with van der Waals surface area (Å²) < 4.78 is 10.3. The number of nitrogens with one attached hydrogen (secondary N) is 1. The Morgan fingerprint density at radius 3 is 2.23 bits per heavy atom. The minimum atomic E-state index is -0.883. The van der Waals surface area contributed by atoms with E-state index in [0.29, 0.717) is 17.2 Å². The van der Waals surface area contributed by atoms with E-state index >= 15 is 0 Å². The van der Waals surface area contributed by atoms with Gasteiger partial charge in [-0.3, -0.25) is 9.59 Å². The van der Waals surface area contributed by atoms with Gasteiger partial charge in [-0.2, -0.15) is 0 Å². The van der Waals surface area contributed by atoms with Crippen LogP contribution < -0.4 is 14.8 Å². The molecule has 0 saturated heterocycles. The van der Waals surface area contributed by atoms with Crippen LogP contribution in [0.5, 0.6) is 11.5 Å². The number of ether oxygens (including phenoxy) is 2. The Hall–Kier alpha value is -3.28. The number of aliphatic hydroxyl groups is 1. The third-order valence-corrected chi connectivity index (χ3v) is 3.65. The maximum atomic E-state index is 12.1. The summed E-state index contributed by atoms with van der Waals surface area (Å²) in [6, 6.07) is 10.2. The van der Waals surface area contributed by atoms with Gasteiger partial charge in [0.1, 0.15) is 17.3 Å². The van der Waals surface area contributed by atoms with Crippen molar-refractivity contribution in [3.63, 3.8) is 0 Å². The van der Waals surface area contributed by atoms with Crippen LogP contribution in [0.25, 0.3) is 5.76 Å². The van der Waals surface area contributed by atoms with E-state index in [2.05, 4.69) is 5.32 Å². The number of hydrogen-bond acceptors (Lipinski definition) is 5. The molecule has 0 bridgehead atoms. The number of amides is 1. The number of aryl methyl sites for hydroxylation is 2. The first-order chi connectivity index (χ1) is 12.3. The number of carbonyl (C=O) groups excluding carboxylic acids is 2. The highest BCUT2D eigenvalue weighted by Crippen LogP contribution is 2.28. The van der Waals surface area contributed by atoms with Gasteiger partial charge < -0.3 is 19.9 Å². The number of ketones is 1. The van der Waals surface area contributed by atoms with Crippen molar-refractivity contribution in [2.75, 3.05) is 19.5 Å². The van der Waals surface area contributed by atoms with E-state index in [1.807, 2.05) is 19.9 Å². The van der Waals surface area contributed by atoms with Gasteiger partial charge in [0, 0.05) is 11.8 Å². The number of methoxy groups -OCH3 is 2. The van der Waals surface area contributed by atoms with Gasteiger partial charge in [0.15, 0.2) is 0 Å². The zero-order valence-electron chi connectivity index (χ0n) is 15.1. The smallest absolute Gasteiger partial charge is 0.296 e. The van der Waals surface area contributed by atoms with Gasteiger partial charge in [0.05, 0.1) is 19.8 Å². The van der Waals surface area contributed by atoms with Crippen LogP contribution in [0.15, 0.2) is 42.5 Å². The highest BCUT2D eigenvalue weighted by Gasteiger charge is 2.16. The maximum Gasteiger partial charge on any atom is 0.296 e. The normalized spacial score (nSPS) is 11.0. The first-order valence-corrected chi connectivity index (χ1v) is 7.90. The molecule has 2 aromatic rings. The number of aliphatic hydroxyl groups excluding tert-OH is 1. The zero-order chi connectivity index (χ0) is 19.3. The molecule has 0 radical (unpaired) electrons. The summed E-state index contributed by atoms with van der Waals surface area (Å²) in [5, 5.41) is 12.8. The largest absolute Gasteiger partial charge is 0.507 e. The molecule has 0 heterocycles. The minimum Gasteiger partial charge on any atom is -0.507 e. The Balaban J connectivity index is 2.22. The average molecular weight is 355 g/mol. The van der Waals surface area contributed by atoms with Gasteiger partial charge >= 0.3 is 0 Å². The molecule has 2 N–H and O–H groups in total. The SMILES string of the molecule is COc1ccc(OC)c(C(O)=CC(=O)C(=O)Nc2cc(C)cc(C)c2)c1. The third-order valence-electron chi connectivity index (χ3n) is 3.65. The molecule has 6 nitrogen and oxygen atoms in total. The van der Waals surface area contributed by atoms with E-state index in [1.54, 1.807) is 24.3 Å². The number of anilines is 1. The van der Waals surface area contributed by atoms with Crippen LogP contribution in [0.1, 0.15) is 16.7 Å². The third kappa shape index (κ3) is 4.63. The molecular weight excluding hydrogens is 334 g/mol. The Kier molecular flexibility index (Phi) is 6.01. The fourth-order valence-corrected chi connectivity index (χ4v) is 2.52. The summed E-state index contributed by atoms with van der Waals surface area (Å²) in [4.78, 5) is 24.2. The summed E-state index contributed by atoms with van der Waals surface area (Å²) >= 11 is 0. The fraction of sp³-hybridized carbons (Fsp3) is 0.200. The Bertz CT molecular complexity index is 850. The maximum absolute atomic E-state index is 12.1. The van der Waals surface area contributed by atoms with E-state index in [0.717, 1.165) is 17.2 Å². The highest BCUT2D eigenvalue weighted by atomic mass is 16.5. The van der Waals surface area contributed by atoms with Gasteiger partial charge in [-0.1, -0.05) is 6.07 Å². The molecule has 2 rings (SSSR count). The van der Waals surface area contributed by atoms with Gasteiger partial charge in [0.2, 0.25) is 5.78 Å². The molecule has 26 heavy (non-hydrogen) atoms. The summed E-state index contributed by atoms with van der Waals surface area (Å²) in [6.07, 6.45) is 0.856. The van der Waals surface area contributed by atoms with Crippen LogP contribution >= 0.6 is 0 Å². The average Bonchev–Trinajstić information content (AvgIpc) is 2.59. The molecule has 6 heteroatoms. The molecule has 0 unspecified atom stereocenters. The highest BCUT2D eigenvalue weighted by molar-refractivity contribution is 6.45. The summed E-state index contributed by atoms with van der Waals surface area (Å²) in [5.74, 6) is -1.29. The fourth-order valence-electron chi connectivity index (χ4n) is 2.52. The van der Waals surface area contributed by atoms with Crippen LogP contribution in [-0.2, 0) is 9.59 Å². The summed E-state index contributed by atoms with van der Waals surface area (Å²) in [5.41, 5.74) is 2.70. The van der Waals surface area contributed by atoms with Crippen LogP contribution in [0.3, 0.4) is 0 Å². The lowest BCUT2D eigenvalue weighted by atomic mass is 10.1. The Morgan fingerprint density at radius 2 is 1.65 bits per heavy atom. The number of benzene rings is 2. The van der Waals surface area contributed by atoms with E-state index in [4.69, 9.17) is 9.47 Å². The molecule has 0 aliphatic rings. The van der Waals surface area contributed by atoms with Crippen LogP contribution in [0, 0.1) is 13.8 Å². The van der Waals surface area contributed by atoms with Gasteiger partial charge in [-0.15, -0.1) is 0 Å². The van der Waals surface area contributed by atoms with E-state index in [9.17, 15) is 14.7 Å². The van der Waals surface area contributed by atoms with E-state index < -0.39 is 11.7 Å². The quantitative estimate of drug-likeness (QED) is 0.471. The molecule has 0 aliphatic heterocycles. The molecule has 0 saturated carbocycles. The van der Waals surface area contributed by atoms with Crippen molar-refractivity contribution in [1.82, 2.24) is 0 Å². The van der Waals surface area contributed by atoms with Gasteiger partial charge in [0.25, 0.3) is 5.91 Å². The van der Waals surface area contributed by atoms with Crippen molar-refractivity contribution in [2.45, 2.75) is 13.8 Å². The van der Waals surface area contributed by atoms with Gasteiger partial charge in [-0.05, 0) is 55.3 Å². The zero-order valence-corrected chi connectivity index (χ0v) is 15.1. The van der Waals surface area contributed by atoms with Crippen LogP contribution in [0.4, 0.5) is 5.69 Å². The van der Waals surface area contributed by atoms with Crippen LogP contribution in [-0.4, -0.2) is 31.0 Å². The molecular formula is C20H21NO5. The van der Waals surface area contributed by atoms with E-state index in [1.165, 1.54) is 20.3 Å². The predicted octanol–water partition coefficient (Wildman–Crippen LogP) is 3.43. The summed E-state index contributed by atoms with van der Waals surface area (Å²) in [7, 11) is 2.92. The standard InChI is InChI=1S/C20H21NO5/c1-12-7-13(2)9-14(8-12)21-20(24)18(23)11-17(22)16-10-15(25-3)5-6-19(16)26-4/h5-11,22H,1-4H3,(H,21,24). The molecule has 0 atom stereocenters. The molecule has 1 amide bonds. The van der Waals surface area contributed by atoms with Crippen molar-refractivity contribution in [2.24, 2.45) is 0 Å². The number of rotatable bonds is 6. The second-order valence-corrected chi connectivity index (χ2v) is 5.79.